The summed E-state index contributed by atoms with van der Waals surface area (Å²) < 4.78 is 0. The molecule has 2 bridgehead atoms. The quantitative estimate of drug-likeness (QED) is 0.631. The highest BCUT2D eigenvalue weighted by Gasteiger charge is 2.48. The number of aliphatic carboxylic acids is 1. The van der Waals surface area contributed by atoms with Crippen LogP contribution in [-0.2, 0) is 9.59 Å². The molecule has 0 radical (unpaired) electrons. The molecule has 3 aliphatic rings. The average Bonchev–Trinajstić information content (AvgIpc) is 3.04. The standard InChI is InChI=1S/C23H24N2O4S/c1-11-3-5-13(6-4-11)16-12(2)30-22(19(16)20(24)26)25-21(27)17-14-7-9-15(10-8-14)18(17)23(28)29/h3-7,9,14-15,17-18H,8,10H2,1-2H3,(H2,24,26)(H,25,27)(H,28,29)/t14-,15-,17-,18+/m0/s1. The highest BCUT2D eigenvalue weighted by molar-refractivity contribution is 7.17. The molecule has 7 heteroatoms. The Bertz CT molecular complexity index is 1050. The van der Waals surface area contributed by atoms with Crippen LogP contribution >= 0.6 is 11.3 Å². The Morgan fingerprint density at radius 2 is 1.63 bits per heavy atom. The maximum Gasteiger partial charge on any atom is 0.307 e. The lowest BCUT2D eigenvalue weighted by atomic mass is 9.62. The molecule has 6 nitrogen and oxygen atoms in total. The third-order valence-electron chi connectivity index (χ3n) is 6.24. The van der Waals surface area contributed by atoms with Crippen molar-refractivity contribution < 1.29 is 19.5 Å². The largest absolute Gasteiger partial charge is 0.481 e. The number of carboxylic acids is 1. The van der Waals surface area contributed by atoms with E-state index in [9.17, 15) is 19.5 Å². The van der Waals surface area contributed by atoms with Gasteiger partial charge in [-0.25, -0.2) is 0 Å². The summed E-state index contributed by atoms with van der Waals surface area (Å²) in [7, 11) is 0. The molecule has 4 N–H and O–H groups in total. The number of carbonyl (C=O) groups is 3. The van der Waals surface area contributed by atoms with E-state index < -0.39 is 23.7 Å². The Morgan fingerprint density at radius 1 is 1.03 bits per heavy atom. The van der Waals surface area contributed by atoms with Gasteiger partial charge in [0, 0.05) is 10.4 Å². The van der Waals surface area contributed by atoms with E-state index in [0.717, 1.165) is 28.8 Å². The molecule has 1 aromatic heterocycles. The van der Waals surface area contributed by atoms with E-state index >= 15 is 0 Å². The average molecular weight is 425 g/mol. The second kappa shape index (κ2) is 7.72. The predicted octanol–water partition coefficient (Wildman–Crippen LogP) is 3.98. The fraction of sp³-hybridized carbons (Fsp3) is 0.348. The molecular weight excluding hydrogens is 400 g/mol. The molecule has 0 saturated heterocycles. The van der Waals surface area contributed by atoms with Crippen LogP contribution in [0.5, 0.6) is 0 Å². The SMILES string of the molecule is Cc1ccc(-c2c(C)sc(NC(=O)[C@@H]3[C@H](C(=O)O)[C@H]4C=C[C@H]3CC4)c2C(N)=O)cc1. The van der Waals surface area contributed by atoms with Gasteiger partial charge in [0.05, 0.1) is 17.4 Å². The molecule has 0 spiro atoms. The van der Waals surface area contributed by atoms with Crippen molar-refractivity contribution in [1.82, 2.24) is 0 Å². The highest BCUT2D eigenvalue weighted by atomic mass is 32.1. The molecule has 156 valence electrons. The monoisotopic (exact) mass is 424 g/mol. The number of carboxylic acid groups (broad SMARTS) is 1. The molecule has 30 heavy (non-hydrogen) atoms. The Morgan fingerprint density at radius 3 is 2.17 bits per heavy atom. The molecule has 2 amide bonds. The summed E-state index contributed by atoms with van der Waals surface area (Å²) >= 11 is 1.29. The minimum absolute atomic E-state index is 0.106. The number of aryl methyl sites for hydroxylation is 2. The number of primary amides is 1. The van der Waals surface area contributed by atoms with E-state index in [2.05, 4.69) is 5.32 Å². The maximum atomic E-state index is 13.2. The second-order valence-electron chi connectivity index (χ2n) is 8.14. The molecule has 4 atom stereocenters. The van der Waals surface area contributed by atoms with Crippen molar-refractivity contribution >= 4 is 34.1 Å². The summed E-state index contributed by atoms with van der Waals surface area (Å²) in [6.45, 7) is 3.86. The minimum Gasteiger partial charge on any atom is -0.481 e. The summed E-state index contributed by atoms with van der Waals surface area (Å²) in [5, 5.41) is 13.0. The molecule has 1 heterocycles. The lowest BCUT2D eigenvalue weighted by molar-refractivity contribution is -0.151. The topological polar surface area (TPSA) is 109 Å². The zero-order chi connectivity index (χ0) is 21.6. The first-order valence-corrected chi connectivity index (χ1v) is 10.8. The van der Waals surface area contributed by atoms with Gasteiger partial charge in [0.1, 0.15) is 5.00 Å². The van der Waals surface area contributed by atoms with Gasteiger partial charge in [-0.15, -0.1) is 11.3 Å². The van der Waals surface area contributed by atoms with Crippen LogP contribution in [0.4, 0.5) is 5.00 Å². The van der Waals surface area contributed by atoms with Crippen molar-refractivity contribution in [3.63, 3.8) is 0 Å². The van der Waals surface area contributed by atoms with E-state index in [1.807, 2.05) is 50.3 Å². The molecule has 1 fully saturated rings. The first-order valence-electron chi connectivity index (χ1n) is 10.00. The zero-order valence-corrected chi connectivity index (χ0v) is 17.7. The van der Waals surface area contributed by atoms with Crippen molar-refractivity contribution in [1.29, 1.82) is 0 Å². The number of nitrogens with two attached hydrogens (primary N) is 1. The molecular formula is C23H24N2O4S. The Hall–Kier alpha value is -2.93. The number of benzene rings is 1. The van der Waals surface area contributed by atoms with Gasteiger partial charge in [0.25, 0.3) is 5.91 Å². The lowest BCUT2D eigenvalue weighted by Crippen LogP contribution is -2.47. The van der Waals surface area contributed by atoms with Gasteiger partial charge < -0.3 is 16.2 Å². The molecule has 1 aromatic carbocycles. The van der Waals surface area contributed by atoms with Crippen molar-refractivity contribution in [2.45, 2.75) is 26.7 Å². The van der Waals surface area contributed by atoms with Crippen molar-refractivity contribution in [2.24, 2.45) is 29.4 Å². The number of anilines is 1. The second-order valence-corrected chi connectivity index (χ2v) is 9.36. The third-order valence-corrected chi connectivity index (χ3v) is 7.26. The van der Waals surface area contributed by atoms with Gasteiger partial charge in [-0.2, -0.15) is 0 Å². The summed E-state index contributed by atoms with van der Waals surface area (Å²) in [5.41, 5.74) is 8.64. The number of rotatable bonds is 5. The number of amides is 2. The first kappa shape index (κ1) is 20.3. The number of hydrogen-bond donors (Lipinski definition) is 3. The van der Waals surface area contributed by atoms with Crippen LogP contribution in [0.25, 0.3) is 11.1 Å². The van der Waals surface area contributed by atoms with Crippen LogP contribution in [0.15, 0.2) is 36.4 Å². The van der Waals surface area contributed by atoms with Crippen LogP contribution in [0, 0.1) is 37.5 Å². The fourth-order valence-electron chi connectivity index (χ4n) is 4.82. The van der Waals surface area contributed by atoms with Gasteiger partial charge in [0.15, 0.2) is 0 Å². The molecule has 3 aliphatic carbocycles. The van der Waals surface area contributed by atoms with Crippen molar-refractivity contribution in [3.05, 3.63) is 52.4 Å². The van der Waals surface area contributed by atoms with E-state index in [0.29, 0.717) is 10.6 Å². The summed E-state index contributed by atoms with van der Waals surface area (Å²) in [6.07, 6.45) is 5.47. The Labute approximate surface area is 178 Å². The Balaban J connectivity index is 1.70. The minimum atomic E-state index is -0.952. The summed E-state index contributed by atoms with van der Waals surface area (Å²) in [4.78, 5) is 38.3. The molecule has 1 saturated carbocycles. The van der Waals surface area contributed by atoms with E-state index in [1.54, 1.807) is 0 Å². The number of allylic oxidation sites excluding steroid dienone is 2. The third kappa shape index (κ3) is 3.43. The van der Waals surface area contributed by atoms with Gasteiger partial charge >= 0.3 is 5.97 Å². The van der Waals surface area contributed by atoms with E-state index in [1.165, 1.54) is 11.3 Å². The van der Waals surface area contributed by atoms with Crippen molar-refractivity contribution in [3.8, 4) is 11.1 Å². The van der Waals surface area contributed by atoms with Crippen LogP contribution in [0.3, 0.4) is 0 Å². The van der Waals surface area contributed by atoms with Gasteiger partial charge in [-0.3, -0.25) is 14.4 Å². The molecule has 5 rings (SSSR count). The lowest BCUT2D eigenvalue weighted by Gasteiger charge is -2.41. The number of hydrogen-bond acceptors (Lipinski definition) is 4. The van der Waals surface area contributed by atoms with Crippen LogP contribution in [-0.4, -0.2) is 22.9 Å². The first-order chi connectivity index (χ1) is 14.3. The normalized spacial score (nSPS) is 24.6. The number of carbonyl (C=O) groups excluding carboxylic acids is 2. The van der Waals surface area contributed by atoms with Crippen LogP contribution in [0.2, 0.25) is 0 Å². The number of nitrogens with one attached hydrogen (secondary N) is 1. The van der Waals surface area contributed by atoms with Gasteiger partial charge in [-0.05, 0) is 44.1 Å². The summed E-state index contributed by atoms with van der Waals surface area (Å²) in [6, 6.07) is 7.76. The molecule has 2 aromatic rings. The van der Waals surface area contributed by atoms with E-state index in [4.69, 9.17) is 5.73 Å². The van der Waals surface area contributed by atoms with E-state index in [-0.39, 0.29) is 23.3 Å². The fourth-order valence-corrected chi connectivity index (χ4v) is 5.90. The number of thiophene rings is 1. The van der Waals surface area contributed by atoms with Crippen molar-refractivity contribution in [2.75, 3.05) is 5.32 Å². The number of fused-ring (bicyclic) bond motifs is 2. The van der Waals surface area contributed by atoms with Gasteiger partial charge in [0.2, 0.25) is 5.91 Å². The molecule has 0 aliphatic heterocycles. The zero-order valence-electron chi connectivity index (χ0n) is 16.8. The molecule has 0 unspecified atom stereocenters. The highest BCUT2D eigenvalue weighted by Crippen LogP contribution is 2.46. The van der Waals surface area contributed by atoms with Gasteiger partial charge in [-0.1, -0.05) is 42.0 Å². The van der Waals surface area contributed by atoms with Crippen LogP contribution in [0.1, 0.15) is 33.6 Å². The Kier molecular flexibility index (Phi) is 5.24. The summed E-state index contributed by atoms with van der Waals surface area (Å²) in [5.74, 6) is -3.57. The van der Waals surface area contributed by atoms with Crippen LogP contribution < -0.4 is 11.1 Å². The maximum absolute atomic E-state index is 13.2. The predicted molar refractivity (Wildman–Crippen MR) is 116 cm³/mol. The smallest absolute Gasteiger partial charge is 0.307 e.